The molecule has 1 unspecified atom stereocenters. The zero-order valence-electron chi connectivity index (χ0n) is 9.24. The van der Waals surface area contributed by atoms with Gasteiger partial charge in [0.25, 0.3) is 0 Å². The van der Waals surface area contributed by atoms with E-state index in [0.29, 0.717) is 6.54 Å². The molecule has 0 amide bonds. The Morgan fingerprint density at radius 3 is 2.53 bits per heavy atom. The van der Waals surface area contributed by atoms with Gasteiger partial charge >= 0.3 is 0 Å². The lowest BCUT2D eigenvalue weighted by Crippen LogP contribution is -2.15. The second kappa shape index (κ2) is 6.43. The molecule has 0 fully saturated rings. The maximum absolute atomic E-state index is 8.65. The number of aliphatic hydroxyl groups is 1. The van der Waals surface area contributed by atoms with Crippen LogP contribution in [0, 0.1) is 0 Å². The molecule has 3 nitrogen and oxygen atoms in total. The average molecular weight is 208 g/mol. The van der Waals surface area contributed by atoms with E-state index in [1.54, 1.807) is 0 Å². The van der Waals surface area contributed by atoms with Crippen molar-refractivity contribution in [3.63, 3.8) is 0 Å². The third-order valence-electron chi connectivity index (χ3n) is 2.28. The highest BCUT2D eigenvalue weighted by Gasteiger charge is 1.97. The Balaban J connectivity index is 2.41. The fourth-order valence-corrected chi connectivity index (χ4v) is 1.38. The second-order valence-corrected chi connectivity index (χ2v) is 3.86. The standard InChI is InChI=1S/C12H20N2O/c1-10(13)2-3-11-4-6-12(7-5-11)14-8-9-15/h4-7,10,14-15H,2-3,8-9,13H2,1H3. The maximum Gasteiger partial charge on any atom is 0.0604 e. The SMILES string of the molecule is CC(N)CCc1ccc(NCCO)cc1. The monoisotopic (exact) mass is 208 g/mol. The van der Waals surface area contributed by atoms with Crippen molar-refractivity contribution in [2.24, 2.45) is 5.73 Å². The number of anilines is 1. The average Bonchev–Trinajstić information content (AvgIpc) is 2.25. The molecule has 0 heterocycles. The van der Waals surface area contributed by atoms with Crippen molar-refractivity contribution in [3.05, 3.63) is 29.8 Å². The third kappa shape index (κ3) is 4.81. The molecule has 0 spiro atoms. The van der Waals surface area contributed by atoms with E-state index >= 15 is 0 Å². The summed E-state index contributed by atoms with van der Waals surface area (Å²) >= 11 is 0. The predicted molar refractivity (Wildman–Crippen MR) is 64.0 cm³/mol. The molecule has 84 valence electrons. The van der Waals surface area contributed by atoms with Crippen LogP contribution in [0.15, 0.2) is 24.3 Å². The summed E-state index contributed by atoms with van der Waals surface area (Å²) < 4.78 is 0. The lowest BCUT2D eigenvalue weighted by molar-refractivity contribution is 0.311. The molecule has 0 bridgehead atoms. The molecular formula is C12H20N2O. The van der Waals surface area contributed by atoms with E-state index in [1.165, 1.54) is 5.56 Å². The van der Waals surface area contributed by atoms with Crippen LogP contribution in [0.4, 0.5) is 5.69 Å². The summed E-state index contributed by atoms with van der Waals surface area (Å²) in [6, 6.07) is 8.53. The molecule has 0 aliphatic rings. The Morgan fingerprint density at radius 2 is 2.00 bits per heavy atom. The summed E-state index contributed by atoms with van der Waals surface area (Å²) in [7, 11) is 0. The van der Waals surface area contributed by atoms with Crippen LogP contribution in [0.25, 0.3) is 0 Å². The number of rotatable bonds is 6. The molecule has 15 heavy (non-hydrogen) atoms. The van der Waals surface area contributed by atoms with E-state index in [1.807, 2.05) is 19.1 Å². The number of aliphatic hydroxyl groups excluding tert-OH is 1. The first kappa shape index (κ1) is 12.0. The fraction of sp³-hybridized carbons (Fsp3) is 0.500. The van der Waals surface area contributed by atoms with Gasteiger partial charge in [-0.25, -0.2) is 0 Å². The molecule has 4 N–H and O–H groups in total. The highest BCUT2D eigenvalue weighted by atomic mass is 16.3. The van der Waals surface area contributed by atoms with Crippen LogP contribution in [0.5, 0.6) is 0 Å². The van der Waals surface area contributed by atoms with Gasteiger partial charge in [0, 0.05) is 18.3 Å². The Bertz CT molecular complexity index is 269. The van der Waals surface area contributed by atoms with Gasteiger partial charge in [0.05, 0.1) is 6.61 Å². The molecule has 3 heteroatoms. The molecule has 0 aliphatic carbocycles. The summed E-state index contributed by atoms with van der Waals surface area (Å²) in [5.41, 5.74) is 8.05. The van der Waals surface area contributed by atoms with Crippen LogP contribution >= 0.6 is 0 Å². The van der Waals surface area contributed by atoms with Gasteiger partial charge in [0.15, 0.2) is 0 Å². The van der Waals surface area contributed by atoms with E-state index in [9.17, 15) is 0 Å². The lowest BCUT2D eigenvalue weighted by atomic mass is 10.1. The summed E-state index contributed by atoms with van der Waals surface area (Å²) in [5.74, 6) is 0. The molecule has 0 aliphatic heterocycles. The van der Waals surface area contributed by atoms with Crippen molar-refractivity contribution < 1.29 is 5.11 Å². The summed E-state index contributed by atoms with van der Waals surface area (Å²) in [6.07, 6.45) is 2.04. The molecule has 1 atom stereocenters. The van der Waals surface area contributed by atoms with Crippen LogP contribution in [0.3, 0.4) is 0 Å². The first-order chi connectivity index (χ1) is 7.22. The Hall–Kier alpha value is -1.06. The number of aryl methyl sites for hydroxylation is 1. The number of nitrogens with two attached hydrogens (primary N) is 1. The second-order valence-electron chi connectivity index (χ2n) is 3.86. The van der Waals surface area contributed by atoms with Gasteiger partial charge in [-0.1, -0.05) is 12.1 Å². The summed E-state index contributed by atoms with van der Waals surface area (Å²) in [5, 5.41) is 11.8. The van der Waals surface area contributed by atoms with Gasteiger partial charge < -0.3 is 16.2 Å². The van der Waals surface area contributed by atoms with E-state index in [0.717, 1.165) is 18.5 Å². The summed E-state index contributed by atoms with van der Waals surface area (Å²) in [4.78, 5) is 0. The quantitative estimate of drug-likeness (QED) is 0.662. The first-order valence-electron chi connectivity index (χ1n) is 5.41. The molecule has 0 saturated carbocycles. The molecule has 1 aromatic rings. The molecule has 0 aromatic heterocycles. The van der Waals surface area contributed by atoms with Crippen molar-refractivity contribution in [2.45, 2.75) is 25.8 Å². The largest absolute Gasteiger partial charge is 0.395 e. The van der Waals surface area contributed by atoms with Crippen LogP contribution in [-0.4, -0.2) is 24.3 Å². The third-order valence-corrected chi connectivity index (χ3v) is 2.28. The van der Waals surface area contributed by atoms with Crippen LogP contribution < -0.4 is 11.1 Å². The van der Waals surface area contributed by atoms with Crippen molar-refractivity contribution in [1.82, 2.24) is 0 Å². The highest BCUT2D eigenvalue weighted by Crippen LogP contribution is 2.11. The minimum atomic E-state index is 0.159. The fourth-order valence-electron chi connectivity index (χ4n) is 1.38. The minimum Gasteiger partial charge on any atom is -0.395 e. The zero-order valence-corrected chi connectivity index (χ0v) is 9.24. The zero-order chi connectivity index (χ0) is 11.1. The van der Waals surface area contributed by atoms with Gasteiger partial charge in [0.1, 0.15) is 0 Å². The number of nitrogens with one attached hydrogen (secondary N) is 1. The van der Waals surface area contributed by atoms with Gasteiger partial charge in [-0.15, -0.1) is 0 Å². The normalized spacial score (nSPS) is 12.5. The van der Waals surface area contributed by atoms with Crippen molar-refractivity contribution in [1.29, 1.82) is 0 Å². The molecule has 1 rings (SSSR count). The van der Waals surface area contributed by atoms with Gasteiger partial charge in [-0.05, 0) is 37.5 Å². The van der Waals surface area contributed by atoms with Crippen LogP contribution in [0.2, 0.25) is 0 Å². The maximum atomic E-state index is 8.65. The van der Waals surface area contributed by atoms with Gasteiger partial charge in [-0.2, -0.15) is 0 Å². The van der Waals surface area contributed by atoms with Crippen molar-refractivity contribution >= 4 is 5.69 Å². The number of hydrogen-bond donors (Lipinski definition) is 3. The predicted octanol–water partition coefficient (Wildman–Crippen LogP) is 1.37. The van der Waals surface area contributed by atoms with E-state index in [-0.39, 0.29) is 12.6 Å². The smallest absolute Gasteiger partial charge is 0.0604 e. The molecule has 1 aromatic carbocycles. The van der Waals surface area contributed by atoms with E-state index < -0.39 is 0 Å². The Morgan fingerprint density at radius 1 is 1.33 bits per heavy atom. The highest BCUT2D eigenvalue weighted by molar-refractivity contribution is 5.44. The topological polar surface area (TPSA) is 58.3 Å². The molecule has 0 saturated heterocycles. The lowest BCUT2D eigenvalue weighted by Gasteiger charge is -2.07. The molecule has 0 radical (unpaired) electrons. The number of benzene rings is 1. The number of hydrogen-bond acceptors (Lipinski definition) is 3. The Labute approximate surface area is 91.3 Å². The van der Waals surface area contributed by atoms with Crippen molar-refractivity contribution in [2.75, 3.05) is 18.5 Å². The minimum absolute atomic E-state index is 0.159. The van der Waals surface area contributed by atoms with Crippen molar-refractivity contribution in [3.8, 4) is 0 Å². The summed E-state index contributed by atoms with van der Waals surface area (Å²) in [6.45, 7) is 2.78. The van der Waals surface area contributed by atoms with E-state index in [4.69, 9.17) is 10.8 Å². The van der Waals surface area contributed by atoms with Gasteiger partial charge in [-0.3, -0.25) is 0 Å². The first-order valence-corrected chi connectivity index (χ1v) is 5.41. The van der Waals surface area contributed by atoms with Crippen LogP contribution in [0.1, 0.15) is 18.9 Å². The van der Waals surface area contributed by atoms with Crippen LogP contribution in [-0.2, 0) is 6.42 Å². The Kier molecular flexibility index (Phi) is 5.15. The molecular weight excluding hydrogens is 188 g/mol. The van der Waals surface area contributed by atoms with E-state index in [2.05, 4.69) is 17.4 Å². The van der Waals surface area contributed by atoms with Gasteiger partial charge in [0.2, 0.25) is 0 Å².